The van der Waals surface area contributed by atoms with E-state index in [2.05, 4.69) is 0 Å². The van der Waals surface area contributed by atoms with Crippen LogP contribution in [0.25, 0.3) is 6.08 Å². The van der Waals surface area contributed by atoms with E-state index in [-0.39, 0.29) is 9.23 Å². The molecular formula is C13H9Cl2NO4S2. The molecule has 1 heterocycles. The molecule has 2 rings (SSSR count). The zero-order valence-electron chi connectivity index (χ0n) is 10.8. The van der Waals surface area contributed by atoms with Gasteiger partial charge in [0.05, 0.1) is 11.5 Å². The molecule has 0 aliphatic carbocycles. The van der Waals surface area contributed by atoms with Gasteiger partial charge in [0.2, 0.25) is 0 Å². The topological polar surface area (TPSA) is 77.8 Å². The second kappa shape index (κ2) is 6.97. The molecule has 1 atom stereocenters. The van der Waals surface area contributed by atoms with Crippen LogP contribution in [-0.4, -0.2) is 44.0 Å². The number of aliphatic carboxylic acids is 1. The highest BCUT2D eigenvalue weighted by molar-refractivity contribution is 8.26. The van der Waals surface area contributed by atoms with E-state index in [0.29, 0.717) is 15.6 Å². The number of hydrogen-bond donors (Lipinski definition) is 2. The molecule has 0 radical (unpaired) electrons. The minimum absolute atomic E-state index is 0.0564. The van der Waals surface area contributed by atoms with Crippen LogP contribution in [0.4, 0.5) is 0 Å². The molecule has 0 unspecified atom stereocenters. The second-order valence-electron chi connectivity index (χ2n) is 4.22. The fourth-order valence-corrected chi connectivity index (χ4v) is 3.64. The maximum Gasteiger partial charge on any atom is 0.329 e. The largest absolute Gasteiger partial charge is 0.480 e. The van der Waals surface area contributed by atoms with Gasteiger partial charge in [-0.25, -0.2) is 4.79 Å². The van der Waals surface area contributed by atoms with E-state index in [1.165, 1.54) is 6.08 Å². The number of carboxylic acid groups (broad SMARTS) is 1. The van der Waals surface area contributed by atoms with Crippen molar-refractivity contribution in [1.29, 1.82) is 0 Å². The molecule has 0 saturated carbocycles. The van der Waals surface area contributed by atoms with Gasteiger partial charge >= 0.3 is 5.97 Å². The number of carbonyl (C=O) groups excluding carboxylic acids is 1. The maximum absolute atomic E-state index is 12.3. The van der Waals surface area contributed by atoms with Gasteiger partial charge in [-0.15, -0.1) is 0 Å². The average molecular weight is 378 g/mol. The van der Waals surface area contributed by atoms with Crippen LogP contribution in [0.3, 0.4) is 0 Å². The predicted octanol–water partition coefficient (Wildman–Crippen LogP) is 2.64. The Morgan fingerprint density at radius 1 is 1.41 bits per heavy atom. The predicted molar refractivity (Wildman–Crippen MR) is 90.0 cm³/mol. The molecule has 1 fully saturated rings. The number of thioether (sulfide) groups is 1. The Hall–Kier alpha value is -1.12. The first-order valence-corrected chi connectivity index (χ1v) is 7.89. The highest BCUT2D eigenvalue weighted by Crippen LogP contribution is 2.36. The number of aliphatic hydroxyl groups is 1. The Labute approximate surface area is 145 Å². The molecule has 0 aromatic heterocycles. The summed E-state index contributed by atoms with van der Waals surface area (Å²) < 4.78 is 0.0564. The molecule has 9 heteroatoms. The third kappa shape index (κ3) is 3.28. The zero-order chi connectivity index (χ0) is 16.4. The molecule has 1 amide bonds. The number of benzene rings is 1. The van der Waals surface area contributed by atoms with Crippen LogP contribution in [0.5, 0.6) is 0 Å². The molecule has 2 N–H and O–H groups in total. The van der Waals surface area contributed by atoms with E-state index in [9.17, 15) is 9.59 Å². The number of halogens is 2. The van der Waals surface area contributed by atoms with Crippen molar-refractivity contribution in [3.8, 4) is 0 Å². The van der Waals surface area contributed by atoms with Gasteiger partial charge in [-0.1, -0.05) is 53.2 Å². The lowest BCUT2D eigenvalue weighted by Gasteiger charge is -2.20. The van der Waals surface area contributed by atoms with E-state index in [1.54, 1.807) is 18.2 Å². The van der Waals surface area contributed by atoms with Crippen molar-refractivity contribution in [2.45, 2.75) is 6.04 Å². The molecule has 0 spiro atoms. The molecule has 1 aromatic rings. The van der Waals surface area contributed by atoms with Crippen molar-refractivity contribution < 1.29 is 19.8 Å². The van der Waals surface area contributed by atoms with Gasteiger partial charge in [-0.2, -0.15) is 0 Å². The van der Waals surface area contributed by atoms with Gasteiger partial charge in [-0.3, -0.25) is 9.69 Å². The van der Waals surface area contributed by atoms with Crippen LogP contribution >= 0.6 is 47.2 Å². The van der Waals surface area contributed by atoms with Gasteiger partial charge in [0.25, 0.3) is 5.91 Å². The van der Waals surface area contributed by atoms with Crippen molar-refractivity contribution in [3.63, 3.8) is 0 Å². The molecule has 116 valence electrons. The number of amides is 1. The first-order chi connectivity index (χ1) is 10.4. The Bertz CT molecular complexity index is 672. The summed E-state index contributed by atoms with van der Waals surface area (Å²) in [5, 5.41) is 18.9. The van der Waals surface area contributed by atoms with E-state index < -0.39 is 24.5 Å². The molecule has 5 nitrogen and oxygen atoms in total. The number of nitrogens with zero attached hydrogens (tertiary/aromatic N) is 1. The number of thiocarbonyl (C=S) groups is 1. The number of hydrogen-bond acceptors (Lipinski definition) is 5. The van der Waals surface area contributed by atoms with E-state index >= 15 is 0 Å². The second-order valence-corrected chi connectivity index (χ2v) is 6.71. The van der Waals surface area contributed by atoms with Crippen LogP contribution in [0.2, 0.25) is 10.0 Å². The summed E-state index contributed by atoms with van der Waals surface area (Å²) in [6.45, 7) is -0.734. The Balaban J connectivity index is 2.40. The van der Waals surface area contributed by atoms with Gasteiger partial charge in [0.15, 0.2) is 6.04 Å². The van der Waals surface area contributed by atoms with Crippen molar-refractivity contribution >= 4 is 69.5 Å². The number of carbonyl (C=O) groups is 2. The molecule has 22 heavy (non-hydrogen) atoms. The molecule has 1 aliphatic heterocycles. The van der Waals surface area contributed by atoms with Crippen LogP contribution in [0, 0.1) is 0 Å². The smallest absolute Gasteiger partial charge is 0.329 e. The summed E-state index contributed by atoms with van der Waals surface area (Å²) in [4.78, 5) is 24.5. The van der Waals surface area contributed by atoms with E-state index in [4.69, 9.17) is 45.6 Å². The molecule has 0 bridgehead atoms. The van der Waals surface area contributed by atoms with Crippen molar-refractivity contribution in [1.82, 2.24) is 4.90 Å². The minimum Gasteiger partial charge on any atom is -0.480 e. The van der Waals surface area contributed by atoms with Gasteiger partial charge in [0.1, 0.15) is 4.32 Å². The molecule has 1 saturated heterocycles. The Morgan fingerprint density at radius 2 is 2.00 bits per heavy atom. The molecular weight excluding hydrogens is 369 g/mol. The average Bonchev–Trinajstić information content (AvgIpc) is 2.71. The molecule has 1 aliphatic rings. The number of aliphatic hydroxyl groups excluding tert-OH is 1. The monoisotopic (exact) mass is 377 g/mol. The summed E-state index contributed by atoms with van der Waals surface area (Å²) >= 11 is 18.0. The standard InChI is InChI=1S/C13H9Cl2NO4S2/c14-7-2-1-3-8(15)6(7)4-10-11(18)16(13(21)22-10)9(5-17)12(19)20/h1-4,9,17H,5H2,(H,19,20)/b10-4-/t9-/m1/s1. The van der Waals surface area contributed by atoms with E-state index in [0.717, 1.165) is 16.7 Å². The fourth-order valence-electron chi connectivity index (χ4n) is 1.80. The van der Waals surface area contributed by atoms with Crippen molar-refractivity contribution in [2.24, 2.45) is 0 Å². The lowest BCUT2D eigenvalue weighted by molar-refractivity contribution is -0.146. The minimum atomic E-state index is -1.42. The van der Waals surface area contributed by atoms with Crippen molar-refractivity contribution in [3.05, 3.63) is 38.7 Å². The number of carboxylic acids is 1. The lowest BCUT2D eigenvalue weighted by atomic mass is 10.2. The third-order valence-electron chi connectivity index (χ3n) is 2.87. The molecule has 1 aromatic carbocycles. The number of rotatable bonds is 4. The summed E-state index contributed by atoms with van der Waals surface area (Å²) in [6.07, 6.45) is 1.46. The van der Waals surface area contributed by atoms with Crippen molar-refractivity contribution in [2.75, 3.05) is 6.61 Å². The summed E-state index contributed by atoms with van der Waals surface area (Å²) in [6, 6.07) is 3.49. The van der Waals surface area contributed by atoms with Crippen LogP contribution in [-0.2, 0) is 9.59 Å². The third-order valence-corrected chi connectivity index (χ3v) is 4.86. The zero-order valence-corrected chi connectivity index (χ0v) is 14.0. The summed E-state index contributed by atoms with van der Waals surface area (Å²) in [5.41, 5.74) is 0.446. The fraction of sp³-hybridized carbons (Fsp3) is 0.154. The van der Waals surface area contributed by atoms with Crippen LogP contribution < -0.4 is 0 Å². The van der Waals surface area contributed by atoms with Gasteiger partial charge < -0.3 is 10.2 Å². The Kier molecular flexibility index (Phi) is 5.46. The highest BCUT2D eigenvalue weighted by Gasteiger charge is 2.40. The summed E-state index contributed by atoms with van der Waals surface area (Å²) in [7, 11) is 0. The first-order valence-electron chi connectivity index (χ1n) is 5.91. The quantitative estimate of drug-likeness (QED) is 0.620. The Morgan fingerprint density at radius 3 is 2.50 bits per heavy atom. The van der Waals surface area contributed by atoms with Crippen LogP contribution in [0.15, 0.2) is 23.1 Å². The lowest BCUT2D eigenvalue weighted by Crippen LogP contribution is -2.46. The first kappa shape index (κ1) is 17.2. The summed E-state index contributed by atoms with van der Waals surface area (Å²) in [5.74, 6) is -1.94. The maximum atomic E-state index is 12.3. The van der Waals surface area contributed by atoms with Gasteiger partial charge in [-0.05, 0) is 18.2 Å². The van der Waals surface area contributed by atoms with Gasteiger partial charge in [0, 0.05) is 15.6 Å². The normalized spacial score (nSPS) is 18.1. The van der Waals surface area contributed by atoms with Crippen LogP contribution in [0.1, 0.15) is 5.56 Å². The highest BCUT2D eigenvalue weighted by atomic mass is 35.5. The SMILES string of the molecule is O=C(O)[C@@H](CO)N1C(=O)/C(=C/c2c(Cl)cccc2Cl)SC1=S. The van der Waals surface area contributed by atoms with E-state index in [1.807, 2.05) is 0 Å².